The van der Waals surface area contributed by atoms with Crippen LogP contribution in [0.3, 0.4) is 0 Å². The molecule has 7 heteroatoms. The third-order valence-corrected chi connectivity index (χ3v) is 14.7. The number of fused-ring (bicyclic) bond motifs is 10. The smallest absolute Gasteiger partial charge is 0.328 e. The number of hydrogen-bond acceptors (Lipinski definition) is 4. The Balaban J connectivity index is 1.23. The number of hydrogen-bond donors (Lipinski definition) is 0. The van der Waals surface area contributed by atoms with Gasteiger partial charge in [-0.15, -0.1) is 0 Å². The highest BCUT2D eigenvalue weighted by Gasteiger charge is 2.65. The van der Waals surface area contributed by atoms with E-state index in [9.17, 15) is 0 Å². The highest BCUT2D eigenvalue weighted by molar-refractivity contribution is 7.05. The lowest BCUT2D eigenvalue weighted by Gasteiger charge is -2.44. The molecule has 1 atom stereocenters. The molecule has 0 fully saturated rings. The molecule has 236 valence electrons. The normalized spacial score (nSPS) is 16.4. The fourth-order valence-electron chi connectivity index (χ4n) is 8.43. The summed E-state index contributed by atoms with van der Waals surface area (Å²) in [5, 5.41) is 1.30. The summed E-state index contributed by atoms with van der Waals surface area (Å²) in [6, 6.07) is 65.9. The van der Waals surface area contributed by atoms with Gasteiger partial charge >= 0.3 is 8.56 Å². The summed E-state index contributed by atoms with van der Waals surface area (Å²) >= 11 is 0. The van der Waals surface area contributed by atoms with Crippen LogP contribution in [0.1, 0.15) is 0 Å². The van der Waals surface area contributed by atoms with Gasteiger partial charge in [0.2, 0.25) is 5.78 Å². The molecule has 7 aromatic carbocycles. The molecular weight excluding hydrogens is 629 g/mol. The molecule has 0 N–H and O–H groups in total. The van der Waals surface area contributed by atoms with Gasteiger partial charge in [0, 0.05) is 16.6 Å². The van der Waals surface area contributed by atoms with Gasteiger partial charge in [0.15, 0.2) is 0 Å². The number of aromatic nitrogens is 3. The van der Waals surface area contributed by atoms with Crippen molar-refractivity contribution in [2.24, 2.45) is 0 Å². The Morgan fingerprint density at radius 3 is 1.58 bits per heavy atom. The number of benzene rings is 7. The number of rotatable bonds is 4. The molecule has 0 radical (unpaired) electrons. The number of anilines is 6. The maximum absolute atomic E-state index is 5.19. The van der Waals surface area contributed by atoms with Crippen LogP contribution >= 0.6 is 0 Å². The Morgan fingerprint density at radius 1 is 0.380 bits per heavy atom. The molecule has 0 amide bonds. The van der Waals surface area contributed by atoms with E-state index >= 15 is 0 Å². The number of imidazole rings is 2. The average molecular weight is 659 g/mol. The first-order valence-electron chi connectivity index (χ1n) is 17.0. The van der Waals surface area contributed by atoms with Crippen LogP contribution in [0.25, 0.3) is 33.5 Å². The lowest BCUT2D eigenvalue weighted by atomic mass is 10.2. The summed E-state index contributed by atoms with van der Waals surface area (Å²) in [6.45, 7) is 0. The largest absolute Gasteiger partial charge is 0.428 e. The monoisotopic (exact) mass is 658 g/mol. The SMILES string of the molecule is c1ccc(N2c3ccccc3N3c4ccccc4N(c4cccc(-n5c6ccccc6n6c7ccccc7nc56)c4)[Si]23c2ccccc2)cc1. The van der Waals surface area contributed by atoms with Gasteiger partial charge in [0.05, 0.1) is 50.5 Å². The van der Waals surface area contributed by atoms with Gasteiger partial charge in [0.25, 0.3) is 0 Å². The summed E-state index contributed by atoms with van der Waals surface area (Å²) in [5.74, 6) is 0.905. The quantitative estimate of drug-likeness (QED) is 0.176. The van der Waals surface area contributed by atoms with Crippen molar-refractivity contribution in [2.75, 3.05) is 13.7 Å². The van der Waals surface area contributed by atoms with Gasteiger partial charge in [-0.25, -0.2) is 4.98 Å². The Labute approximate surface area is 290 Å². The molecule has 11 rings (SSSR count). The molecule has 0 saturated heterocycles. The van der Waals surface area contributed by atoms with Crippen molar-refractivity contribution >= 4 is 75.7 Å². The summed E-state index contributed by atoms with van der Waals surface area (Å²) in [5.41, 5.74) is 12.6. The molecule has 0 bridgehead atoms. The Bertz CT molecular complexity index is 2740. The fourth-order valence-corrected chi connectivity index (χ4v) is 13.5. The summed E-state index contributed by atoms with van der Waals surface area (Å²) < 4.78 is 12.6. The first kappa shape index (κ1) is 27.4. The molecule has 1 unspecified atom stereocenters. The van der Waals surface area contributed by atoms with E-state index in [2.05, 4.69) is 205 Å². The van der Waals surface area contributed by atoms with Crippen molar-refractivity contribution in [3.05, 3.63) is 182 Å². The van der Waals surface area contributed by atoms with Gasteiger partial charge in [-0.05, 0) is 78.9 Å². The molecule has 0 spiro atoms. The summed E-state index contributed by atoms with van der Waals surface area (Å²) in [4.78, 5) is 5.19. The molecular formula is C43H30N6Si. The minimum absolute atomic E-state index is 0.905. The minimum Gasteiger partial charge on any atom is -0.328 e. The van der Waals surface area contributed by atoms with Crippen molar-refractivity contribution < 1.29 is 0 Å². The standard InChI is InChI=1S/C43H30N6Si/c1-3-16-31(17-4-1)47-39-26-11-13-28-41(39)49-42-29-14-12-27-40(42)48(50(47,49)34-20-5-2-6-21-34)33-19-15-18-32(30-33)45-37-24-9-10-25-38(37)46-36-23-8-7-22-35(36)44-43(45)46/h1-30H. The predicted molar refractivity (Wildman–Crippen MR) is 207 cm³/mol. The summed E-state index contributed by atoms with van der Waals surface area (Å²) in [6.07, 6.45) is 0. The Kier molecular flexibility index (Phi) is 5.59. The highest BCUT2D eigenvalue weighted by atomic mass is 28.4. The molecule has 2 aliphatic rings. The zero-order chi connectivity index (χ0) is 32.8. The topological polar surface area (TPSA) is 32.0 Å². The van der Waals surface area contributed by atoms with E-state index in [4.69, 9.17) is 4.98 Å². The van der Waals surface area contributed by atoms with E-state index < -0.39 is 8.56 Å². The molecule has 2 aromatic heterocycles. The Morgan fingerprint density at radius 2 is 0.880 bits per heavy atom. The van der Waals surface area contributed by atoms with Gasteiger partial charge in [-0.2, -0.15) is 0 Å². The lowest BCUT2D eigenvalue weighted by molar-refractivity contribution is 1.11. The molecule has 9 aromatic rings. The molecule has 4 heterocycles. The average Bonchev–Trinajstić information content (AvgIpc) is 3.89. The molecule has 0 saturated carbocycles. The van der Waals surface area contributed by atoms with Gasteiger partial charge in [-0.3, -0.25) is 8.97 Å². The van der Waals surface area contributed by atoms with E-state index in [1.54, 1.807) is 0 Å². The van der Waals surface area contributed by atoms with Crippen LogP contribution in [0, 0.1) is 0 Å². The van der Waals surface area contributed by atoms with E-state index in [0.717, 1.165) is 39.2 Å². The van der Waals surface area contributed by atoms with Crippen LogP contribution in [0.5, 0.6) is 0 Å². The second-order valence-corrected chi connectivity index (χ2v) is 16.1. The number of para-hydroxylation sites is 9. The molecule has 0 aliphatic carbocycles. The van der Waals surface area contributed by atoms with E-state index in [-0.39, 0.29) is 0 Å². The second kappa shape index (κ2) is 10.2. The third-order valence-electron chi connectivity index (χ3n) is 10.3. The van der Waals surface area contributed by atoms with Crippen molar-refractivity contribution in [1.29, 1.82) is 0 Å². The molecule has 6 nitrogen and oxygen atoms in total. The van der Waals surface area contributed by atoms with Crippen LogP contribution in [0.15, 0.2) is 182 Å². The van der Waals surface area contributed by atoms with Crippen LogP contribution in [0.2, 0.25) is 0 Å². The highest BCUT2D eigenvalue weighted by Crippen LogP contribution is 2.60. The summed E-state index contributed by atoms with van der Waals surface area (Å²) in [7, 11) is -3.10. The fraction of sp³-hybridized carbons (Fsp3) is 0. The maximum atomic E-state index is 5.19. The second-order valence-electron chi connectivity index (χ2n) is 12.9. The van der Waals surface area contributed by atoms with Gasteiger partial charge < -0.3 is 13.7 Å². The van der Waals surface area contributed by atoms with Crippen LogP contribution in [-0.2, 0) is 0 Å². The third kappa shape index (κ3) is 3.48. The van der Waals surface area contributed by atoms with Crippen molar-refractivity contribution in [2.45, 2.75) is 0 Å². The van der Waals surface area contributed by atoms with E-state index in [1.165, 1.54) is 33.6 Å². The van der Waals surface area contributed by atoms with Crippen LogP contribution in [-0.4, -0.2) is 22.5 Å². The first-order chi connectivity index (χ1) is 24.8. The molecule has 50 heavy (non-hydrogen) atoms. The van der Waals surface area contributed by atoms with Crippen LogP contribution < -0.4 is 18.9 Å². The van der Waals surface area contributed by atoms with Crippen molar-refractivity contribution in [3.63, 3.8) is 0 Å². The Hall–Kier alpha value is -6.57. The van der Waals surface area contributed by atoms with E-state index in [1.807, 2.05) is 0 Å². The zero-order valence-electron chi connectivity index (χ0n) is 27.0. The van der Waals surface area contributed by atoms with E-state index in [0.29, 0.717) is 0 Å². The predicted octanol–water partition coefficient (Wildman–Crippen LogP) is 9.72. The molecule has 2 aliphatic heterocycles. The first-order valence-corrected chi connectivity index (χ1v) is 18.8. The lowest BCUT2D eigenvalue weighted by Crippen LogP contribution is -2.74. The minimum atomic E-state index is -3.10. The van der Waals surface area contributed by atoms with Crippen molar-refractivity contribution in [3.8, 4) is 5.69 Å². The van der Waals surface area contributed by atoms with Gasteiger partial charge in [0.1, 0.15) is 0 Å². The van der Waals surface area contributed by atoms with Gasteiger partial charge in [-0.1, -0.05) is 103 Å². The van der Waals surface area contributed by atoms with Crippen LogP contribution in [0.4, 0.5) is 34.1 Å². The number of nitrogens with zero attached hydrogens (tertiary/aromatic N) is 6. The van der Waals surface area contributed by atoms with Crippen molar-refractivity contribution in [1.82, 2.24) is 14.0 Å². The maximum Gasteiger partial charge on any atom is 0.428 e. The zero-order valence-corrected chi connectivity index (χ0v) is 28.0.